The number of rotatable bonds is 6. The quantitative estimate of drug-likeness (QED) is 0.625. The Kier molecular flexibility index (Phi) is 5.46. The normalized spacial score (nSPS) is 11.6. The number of hydrogen-bond donors (Lipinski definition) is 1. The molecule has 0 aromatic heterocycles. The van der Waals surface area contributed by atoms with E-state index >= 15 is 0 Å². The van der Waals surface area contributed by atoms with Crippen molar-refractivity contribution in [3.8, 4) is 0 Å². The van der Waals surface area contributed by atoms with Crippen LogP contribution in [0.15, 0.2) is 23.1 Å². The van der Waals surface area contributed by atoms with Gasteiger partial charge in [-0.15, -0.1) is 0 Å². The molecule has 0 saturated carbocycles. The van der Waals surface area contributed by atoms with Crippen LogP contribution in [0.5, 0.6) is 0 Å². The smallest absolute Gasteiger partial charge is 0.307 e. The van der Waals surface area contributed by atoms with Crippen LogP contribution in [0.2, 0.25) is 0 Å². The van der Waals surface area contributed by atoms with Crippen LogP contribution in [0.3, 0.4) is 0 Å². The summed E-state index contributed by atoms with van der Waals surface area (Å²) in [6, 6.07) is 3.55. The van der Waals surface area contributed by atoms with Gasteiger partial charge in [0.1, 0.15) is 10.7 Å². The molecule has 0 heterocycles. The first kappa shape index (κ1) is 16.4. The van der Waals surface area contributed by atoms with Gasteiger partial charge < -0.3 is 10.5 Å². The third kappa shape index (κ3) is 3.67. The third-order valence-electron chi connectivity index (χ3n) is 2.64. The zero-order chi connectivity index (χ0) is 15.3. The van der Waals surface area contributed by atoms with E-state index in [1.165, 1.54) is 19.2 Å². The molecule has 20 heavy (non-hydrogen) atoms. The molecule has 0 radical (unpaired) electrons. The lowest BCUT2D eigenvalue weighted by atomic mass is 10.3. The molecule has 2 N–H and O–H groups in total. The monoisotopic (exact) mass is 304 g/mol. The Morgan fingerprint density at radius 1 is 1.45 bits per heavy atom. The predicted octanol–water partition coefficient (Wildman–Crippen LogP) is 0.982. The number of sulfonamides is 1. The minimum Gasteiger partial charge on any atom is -0.466 e. The summed E-state index contributed by atoms with van der Waals surface area (Å²) in [4.78, 5) is 10.9. The van der Waals surface area contributed by atoms with Crippen molar-refractivity contribution in [1.29, 1.82) is 0 Å². The van der Waals surface area contributed by atoms with Crippen molar-refractivity contribution < 1.29 is 22.3 Å². The van der Waals surface area contributed by atoms with E-state index in [0.29, 0.717) is 0 Å². The van der Waals surface area contributed by atoms with Crippen molar-refractivity contribution >= 4 is 21.7 Å². The van der Waals surface area contributed by atoms with Crippen LogP contribution in [0.1, 0.15) is 13.3 Å². The Balaban J connectivity index is 2.88. The Bertz CT molecular complexity index is 589. The van der Waals surface area contributed by atoms with Gasteiger partial charge in [-0.3, -0.25) is 4.79 Å². The lowest BCUT2D eigenvalue weighted by Gasteiger charge is -2.18. The van der Waals surface area contributed by atoms with E-state index in [-0.39, 0.29) is 24.5 Å². The third-order valence-corrected chi connectivity index (χ3v) is 4.55. The van der Waals surface area contributed by atoms with E-state index in [1.807, 2.05) is 0 Å². The molecule has 6 nitrogen and oxygen atoms in total. The summed E-state index contributed by atoms with van der Waals surface area (Å²) < 4.78 is 43.4. The number of nitrogens with zero attached hydrogens (tertiary/aromatic N) is 1. The molecule has 0 unspecified atom stereocenters. The molecule has 0 amide bonds. The number of nitrogens with two attached hydrogens (primary N) is 1. The van der Waals surface area contributed by atoms with E-state index in [1.54, 1.807) is 6.92 Å². The largest absolute Gasteiger partial charge is 0.466 e. The fourth-order valence-electron chi connectivity index (χ4n) is 1.51. The van der Waals surface area contributed by atoms with Crippen LogP contribution in [-0.2, 0) is 19.6 Å². The molecule has 1 aromatic carbocycles. The van der Waals surface area contributed by atoms with E-state index in [2.05, 4.69) is 0 Å². The number of ether oxygens (including phenoxy) is 1. The Hall–Kier alpha value is -1.67. The van der Waals surface area contributed by atoms with Crippen molar-refractivity contribution in [2.24, 2.45) is 0 Å². The Morgan fingerprint density at radius 3 is 2.70 bits per heavy atom. The average molecular weight is 304 g/mol. The molecule has 1 rings (SSSR count). The van der Waals surface area contributed by atoms with Gasteiger partial charge in [0.25, 0.3) is 0 Å². The maximum absolute atomic E-state index is 13.3. The van der Waals surface area contributed by atoms with Crippen LogP contribution in [-0.4, -0.2) is 38.9 Å². The zero-order valence-electron chi connectivity index (χ0n) is 11.3. The van der Waals surface area contributed by atoms with E-state index in [9.17, 15) is 17.6 Å². The number of anilines is 1. The minimum atomic E-state index is -3.94. The van der Waals surface area contributed by atoms with Gasteiger partial charge in [-0.2, -0.15) is 0 Å². The molecule has 0 saturated heterocycles. The topological polar surface area (TPSA) is 89.7 Å². The van der Waals surface area contributed by atoms with Gasteiger partial charge >= 0.3 is 5.97 Å². The molecular weight excluding hydrogens is 287 g/mol. The lowest BCUT2D eigenvalue weighted by Crippen LogP contribution is -2.30. The summed E-state index contributed by atoms with van der Waals surface area (Å²) in [6.45, 7) is 1.81. The summed E-state index contributed by atoms with van der Waals surface area (Å²) in [7, 11) is -2.65. The molecule has 0 aliphatic carbocycles. The predicted molar refractivity (Wildman–Crippen MR) is 71.9 cm³/mol. The Morgan fingerprint density at radius 2 is 2.10 bits per heavy atom. The van der Waals surface area contributed by atoms with Gasteiger partial charge in [-0.25, -0.2) is 17.1 Å². The number of esters is 1. The highest BCUT2D eigenvalue weighted by Crippen LogP contribution is 2.23. The average Bonchev–Trinajstić information content (AvgIpc) is 2.39. The SMILES string of the molecule is CCOC(=O)CCN(C)S(=O)(=O)c1cccc(F)c1N. The Labute approximate surface area is 117 Å². The van der Waals surface area contributed by atoms with Crippen molar-refractivity contribution in [3.63, 3.8) is 0 Å². The maximum Gasteiger partial charge on any atom is 0.307 e. The molecular formula is C12H17FN2O4S. The first-order chi connectivity index (χ1) is 9.30. The standard InChI is InChI=1S/C12H17FN2O4S/c1-3-19-11(16)7-8-15(2)20(17,18)10-6-4-5-9(13)12(10)14/h4-6H,3,7-8,14H2,1-2H3. The van der Waals surface area contributed by atoms with Crippen LogP contribution in [0.25, 0.3) is 0 Å². The van der Waals surface area contributed by atoms with Crippen molar-refractivity contribution in [2.75, 3.05) is 25.9 Å². The van der Waals surface area contributed by atoms with E-state index in [0.717, 1.165) is 10.4 Å². The number of para-hydroxylation sites is 1. The summed E-state index contributed by atoms with van der Waals surface area (Å²) in [5.41, 5.74) is 5.00. The molecule has 0 bridgehead atoms. The van der Waals surface area contributed by atoms with Gasteiger partial charge in [0.05, 0.1) is 18.7 Å². The summed E-state index contributed by atoms with van der Waals surface area (Å²) in [5, 5.41) is 0. The second kappa shape index (κ2) is 6.67. The molecule has 0 aliphatic heterocycles. The first-order valence-corrected chi connectivity index (χ1v) is 7.40. The van der Waals surface area contributed by atoms with Crippen LogP contribution < -0.4 is 5.73 Å². The number of carbonyl (C=O) groups is 1. The van der Waals surface area contributed by atoms with Crippen molar-refractivity contribution in [3.05, 3.63) is 24.0 Å². The summed E-state index contributed by atoms with van der Waals surface area (Å²) in [6.07, 6.45) is -0.0845. The van der Waals surface area contributed by atoms with E-state index < -0.39 is 27.5 Å². The zero-order valence-corrected chi connectivity index (χ0v) is 12.1. The van der Waals surface area contributed by atoms with Crippen molar-refractivity contribution in [1.82, 2.24) is 4.31 Å². The second-order valence-electron chi connectivity index (χ2n) is 4.03. The molecule has 0 fully saturated rings. The van der Waals surface area contributed by atoms with Gasteiger partial charge in [0.2, 0.25) is 10.0 Å². The van der Waals surface area contributed by atoms with Gasteiger partial charge in [-0.1, -0.05) is 6.07 Å². The first-order valence-electron chi connectivity index (χ1n) is 5.96. The number of benzene rings is 1. The minimum absolute atomic E-state index is 0.0723. The number of hydrogen-bond acceptors (Lipinski definition) is 5. The highest BCUT2D eigenvalue weighted by atomic mass is 32.2. The number of nitrogen functional groups attached to an aromatic ring is 1. The number of carbonyl (C=O) groups excluding carboxylic acids is 1. The van der Waals surface area contributed by atoms with Gasteiger partial charge in [0, 0.05) is 13.6 Å². The highest BCUT2D eigenvalue weighted by Gasteiger charge is 2.25. The molecule has 112 valence electrons. The molecule has 8 heteroatoms. The van der Waals surface area contributed by atoms with E-state index in [4.69, 9.17) is 10.5 Å². The molecule has 0 atom stereocenters. The second-order valence-corrected chi connectivity index (χ2v) is 6.05. The molecule has 1 aromatic rings. The van der Waals surface area contributed by atoms with Crippen molar-refractivity contribution in [2.45, 2.75) is 18.2 Å². The molecule has 0 aliphatic rings. The van der Waals surface area contributed by atoms with Gasteiger partial charge in [-0.05, 0) is 19.1 Å². The maximum atomic E-state index is 13.3. The summed E-state index contributed by atoms with van der Waals surface area (Å²) >= 11 is 0. The fourth-order valence-corrected chi connectivity index (χ4v) is 2.81. The van der Waals surface area contributed by atoms with Crippen LogP contribution in [0.4, 0.5) is 10.1 Å². The summed E-state index contributed by atoms with van der Waals surface area (Å²) in [5.74, 6) is -1.30. The van der Waals surface area contributed by atoms with Crippen LogP contribution >= 0.6 is 0 Å². The number of halogens is 1. The van der Waals surface area contributed by atoms with Crippen LogP contribution in [0, 0.1) is 5.82 Å². The lowest BCUT2D eigenvalue weighted by molar-refractivity contribution is -0.143. The fraction of sp³-hybridized carbons (Fsp3) is 0.417. The highest BCUT2D eigenvalue weighted by molar-refractivity contribution is 7.89. The molecule has 0 spiro atoms. The van der Waals surface area contributed by atoms with Gasteiger partial charge in [0.15, 0.2) is 0 Å².